The second-order valence-electron chi connectivity index (χ2n) is 5.90. The SMILES string of the molecule is COc1ccc(Nc2nc(Nc3ccc(Cl)cc3)nc3ccccc23)cc1. The molecule has 0 aliphatic heterocycles. The molecule has 0 radical (unpaired) electrons. The summed E-state index contributed by atoms with van der Waals surface area (Å²) in [6, 6.07) is 23.0. The Bertz CT molecular complexity index is 1070. The highest BCUT2D eigenvalue weighted by Crippen LogP contribution is 2.27. The van der Waals surface area contributed by atoms with Crippen molar-refractivity contribution in [3.63, 3.8) is 0 Å². The Hall–Kier alpha value is -3.31. The minimum Gasteiger partial charge on any atom is -0.497 e. The van der Waals surface area contributed by atoms with Crippen LogP contribution in [0.2, 0.25) is 5.02 Å². The zero-order valence-corrected chi connectivity index (χ0v) is 15.4. The van der Waals surface area contributed by atoms with Gasteiger partial charge in [0, 0.05) is 21.8 Å². The average Bonchev–Trinajstić information content (AvgIpc) is 2.70. The van der Waals surface area contributed by atoms with Gasteiger partial charge in [-0.25, -0.2) is 4.98 Å². The lowest BCUT2D eigenvalue weighted by atomic mass is 10.2. The van der Waals surface area contributed by atoms with E-state index in [4.69, 9.17) is 16.3 Å². The van der Waals surface area contributed by atoms with E-state index in [1.807, 2.05) is 72.8 Å². The minimum absolute atomic E-state index is 0.507. The van der Waals surface area contributed by atoms with Crippen molar-refractivity contribution in [3.8, 4) is 5.75 Å². The number of anilines is 4. The lowest BCUT2D eigenvalue weighted by Crippen LogP contribution is -2.02. The molecule has 5 nitrogen and oxygen atoms in total. The first kappa shape index (κ1) is 17.1. The zero-order valence-electron chi connectivity index (χ0n) is 14.6. The molecule has 0 amide bonds. The van der Waals surface area contributed by atoms with Gasteiger partial charge in [0.05, 0.1) is 12.6 Å². The van der Waals surface area contributed by atoms with Crippen molar-refractivity contribution in [2.24, 2.45) is 0 Å². The number of aromatic nitrogens is 2. The van der Waals surface area contributed by atoms with Crippen molar-refractivity contribution < 1.29 is 4.74 Å². The number of ether oxygens (including phenoxy) is 1. The molecule has 3 aromatic carbocycles. The van der Waals surface area contributed by atoms with Crippen molar-refractivity contribution in [1.82, 2.24) is 9.97 Å². The van der Waals surface area contributed by atoms with E-state index in [0.717, 1.165) is 33.8 Å². The molecule has 0 aliphatic rings. The highest BCUT2D eigenvalue weighted by Gasteiger charge is 2.08. The molecule has 0 atom stereocenters. The maximum atomic E-state index is 5.95. The van der Waals surface area contributed by atoms with Gasteiger partial charge in [0.25, 0.3) is 0 Å². The first-order chi connectivity index (χ1) is 13.2. The molecule has 1 aromatic heterocycles. The zero-order chi connectivity index (χ0) is 18.6. The number of rotatable bonds is 5. The van der Waals surface area contributed by atoms with Crippen LogP contribution in [0, 0.1) is 0 Å². The number of nitrogens with zero attached hydrogens (tertiary/aromatic N) is 2. The molecular weight excluding hydrogens is 360 g/mol. The number of methoxy groups -OCH3 is 1. The second-order valence-corrected chi connectivity index (χ2v) is 6.33. The molecule has 0 fully saturated rings. The summed E-state index contributed by atoms with van der Waals surface area (Å²) in [5.41, 5.74) is 2.63. The monoisotopic (exact) mass is 376 g/mol. The van der Waals surface area contributed by atoms with Gasteiger partial charge < -0.3 is 15.4 Å². The molecule has 134 valence electrons. The fourth-order valence-corrected chi connectivity index (χ4v) is 2.83. The lowest BCUT2D eigenvalue weighted by molar-refractivity contribution is 0.415. The third-order valence-electron chi connectivity index (χ3n) is 4.06. The van der Waals surface area contributed by atoms with E-state index in [0.29, 0.717) is 11.0 Å². The fourth-order valence-electron chi connectivity index (χ4n) is 2.70. The van der Waals surface area contributed by atoms with Gasteiger partial charge >= 0.3 is 0 Å². The summed E-state index contributed by atoms with van der Waals surface area (Å²) in [5, 5.41) is 8.21. The van der Waals surface area contributed by atoms with Gasteiger partial charge in [-0.3, -0.25) is 0 Å². The number of fused-ring (bicyclic) bond motifs is 1. The van der Waals surface area contributed by atoms with Crippen molar-refractivity contribution in [3.05, 3.63) is 77.8 Å². The Morgan fingerprint density at radius 1 is 0.778 bits per heavy atom. The van der Waals surface area contributed by atoms with Gasteiger partial charge in [-0.15, -0.1) is 0 Å². The molecular formula is C21H17ClN4O. The molecule has 0 spiro atoms. The molecule has 0 saturated carbocycles. The molecule has 2 N–H and O–H groups in total. The van der Waals surface area contributed by atoms with E-state index < -0.39 is 0 Å². The van der Waals surface area contributed by atoms with Gasteiger partial charge in [-0.2, -0.15) is 4.98 Å². The quantitative estimate of drug-likeness (QED) is 0.462. The Morgan fingerprint density at radius 2 is 1.44 bits per heavy atom. The predicted octanol–water partition coefficient (Wildman–Crippen LogP) is 5.78. The molecule has 27 heavy (non-hydrogen) atoms. The molecule has 0 bridgehead atoms. The Labute approximate surface area is 162 Å². The predicted molar refractivity (Wildman–Crippen MR) is 111 cm³/mol. The van der Waals surface area contributed by atoms with Crippen LogP contribution in [-0.2, 0) is 0 Å². The molecule has 6 heteroatoms. The summed E-state index contributed by atoms with van der Waals surface area (Å²) < 4.78 is 5.21. The average molecular weight is 377 g/mol. The summed E-state index contributed by atoms with van der Waals surface area (Å²) >= 11 is 5.95. The molecule has 0 unspecified atom stereocenters. The molecule has 0 aliphatic carbocycles. The van der Waals surface area contributed by atoms with E-state index in [2.05, 4.69) is 20.6 Å². The van der Waals surface area contributed by atoms with Crippen LogP contribution in [0.4, 0.5) is 23.1 Å². The number of nitrogens with one attached hydrogen (secondary N) is 2. The largest absolute Gasteiger partial charge is 0.497 e. The number of hydrogen-bond acceptors (Lipinski definition) is 5. The van der Waals surface area contributed by atoms with Crippen LogP contribution in [0.1, 0.15) is 0 Å². The van der Waals surface area contributed by atoms with Gasteiger partial charge in [-0.1, -0.05) is 23.7 Å². The van der Waals surface area contributed by atoms with E-state index in [-0.39, 0.29) is 0 Å². The molecule has 4 aromatic rings. The van der Waals surface area contributed by atoms with Crippen molar-refractivity contribution in [1.29, 1.82) is 0 Å². The molecule has 0 saturated heterocycles. The Kier molecular flexibility index (Phi) is 4.77. The highest BCUT2D eigenvalue weighted by molar-refractivity contribution is 6.30. The summed E-state index contributed by atoms with van der Waals surface area (Å²) in [5.74, 6) is 2.03. The summed E-state index contributed by atoms with van der Waals surface area (Å²) in [7, 11) is 1.65. The maximum absolute atomic E-state index is 5.95. The van der Waals surface area contributed by atoms with Gasteiger partial charge in [0.15, 0.2) is 0 Å². The van der Waals surface area contributed by atoms with Gasteiger partial charge in [-0.05, 0) is 60.7 Å². The van der Waals surface area contributed by atoms with Gasteiger partial charge in [0.1, 0.15) is 11.6 Å². The Morgan fingerprint density at radius 3 is 2.19 bits per heavy atom. The van der Waals surface area contributed by atoms with Crippen LogP contribution in [-0.4, -0.2) is 17.1 Å². The van der Waals surface area contributed by atoms with Gasteiger partial charge in [0.2, 0.25) is 5.95 Å². The van der Waals surface area contributed by atoms with E-state index in [1.165, 1.54) is 0 Å². The number of halogens is 1. The van der Waals surface area contributed by atoms with Crippen molar-refractivity contribution in [2.45, 2.75) is 0 Å². The van der Waals surface area contributed by atoms with Crippen LogP contribution in [0.25, 0.3) is 10.9 Å². The van der Waals surface area contributed by atoms with E-state index in [9.17, 15) is 0 Å². The van der Waals surface area contributed by atoms with E-state index >= 15 is 0 Å². The lowest BCUT2D eigenvalue weighted by Gasteiger charge is -2.12. The third-order valence-corrected chi connectivity index (χ3v) is 4.31. The van der Waals surface area contributed by atoms with Crippen LogP contribution >= 0.6 is 11.6 Å². The normalized spacial score (nSPS) is 10.6. The summed E-state index contributed by atoms with van der Waals surface area (Å²) in [6.45, 7) is 0. The first-order valence-electron chi connectivity index (χ1n) is 8.42. The number of para-hydroxylation sites is 1. The van der Waals surface area contributed by atoms with Crippen molar-refractivity contribution >= 4 is 45.6 Å². The van der Waals surface area contributed by atoms with Crippen LogP contribution in [0.5, 0.6) is 5.75 Å². The third kappa shape index (κ3) is 3.93. The molecule has 1 heterocycles. The standard InChI is InChI=1S/C21H17ClN4O/c1-27-17-12-10-15(11-13-17)23-20-18-4-2-3-5-19(18)25-21(26-20)24-16-8-6-14(22)7-9-16/h2-13H,1H3,(H2,23,24,25,26). The van der Waals surface area contributed by atoms with Crippen LogP contribution in [0.3, 0.4) is 0 Å². The topological polar surface area (TPSA) is 59.1 Å². The smallest absolute Gasteiger partial charge is 0.229 e. The second kappa shape index (κ2) is 7.51. The number of hydrogen-bond donors (Lipinski definition) is 2. The maximum Gasteiger partial charge on any atom is 0.229 e. The highest BCUT2D eigenvalue weighted by atomic mass is 35.5. The summed E-state index contributed by atoms with van der Waals surface area (Å²) in [6.07, 6.45) is 0. The van der Waals surface area contributed by atoms with E-state index in [1.54, 1.807) is 7.11 Å². The molecule has 4 rings (SSSR count). The van der Waals surface area contributed by atoms with Crippen LogP contribution in [0.15, 0.2) is 72.8 Å². The van der Waals surface area contributed by atoms with Crippen LogP contribution < -0.4 is 15.4 Å². The fraction of sp³-hybridized carbons (Fsp3) is 0.0476. The Balaban J connectivity index is 1.70. The summed E-state index contributed by atoms with van der Waals surface area (Å²) in [4.78, 5) is 9.27. The number of benzene rings is 3. The minimum atomic E-state index is 0.507. The van der Waals surface area contributed by atoms with Crippen molar-refractivity contribution in [2.75, 3.05) is 17.7 Å². The first-order valence-corrected chi connectivity index (χ1v) is 8.79.